The van der Waals surface area contributed by atoms with Crippen LogP contribution in [0.4, 0.5) is 0 Å². The largest absolute Gasteiger partial charge is 0.339 e. The first-order valence-electron chi connectivity index (χ1n) is 5.78. The van der Waals surface area contributed by atoms with Gasteiger partial charge in [0.2, 0.25) is 0 Å². The molecule has 0 saturated carbocycles. The van der Waals surface area contributed by atoms with Gasteiger partial charge in [-0.15, -0.1) is 12.4 Å². The topological polar surface area (TPSA) is 46.3 Å². The minimum absolute atomic E-state index is 0. The fraction of sp³-hybridized carbons (Fsp3) is 0.462. The van der Waals surface area contributed by atoms with E-state index in [0.29, 0.717) is 0 Å². The van der Waals surface area contributed by atoms with Gasteiger partial charge >= 0.3 is 0 Å². The summed E-state index contributed by atoms with van der Waals surface area (Å²) in [7, 11) is 0. The maximum Gasteiger partial charge on any atom is 0.253 e. The minimum Gasteiger partial charge on any atom is -0.339 e. The molecule has 2 rings (SSSR count). The van der Waals surface area contributed by atoms with E-state index in [-0.39, 0.29) is 24.4 Å². The van der Waals surface area contributed by atoms with Crippen molar-refractivity contribution in [1.29, 1.82) is 0 Å². The first-order valence-corrected chi connectivity index (χ1v) is 5.78. The van der Waals surface area contributed by atoms with Gasteiger partial charge in [-0.1, -0.05) is 17.7 Å². The van der Waals surface area contributed by atoms with E-state index in [1.165, 1.54) is 0 Å². The first-order chi connectivity index (χ1) is 7.66. The Kier molecular flexibility index (Phi) is 4.97. The predicted octanol–water partition coefficient (Wildman–Crippen LogP) is 1.98. The van der Waals surface area contributed by atoms with Crippen molar-refractivity contribution in [2.45, 2.75) is 25.8 Å². The highest BCUT2D eigenvalue weighted by molar-refractivity contribution is 5.94. The molecule has 17 heavy (non-hydrogen) atoms. The van der Waals surface area contributed by atoms with E-state index in [2.05, 4.69) is 0 Å². The molecule has 1 aliphatic rings. The number of benzene rings is 1. The number of nitrogens with zero attached hydrogens (tertiary/aromatic N) is 1. The number of halogens is 1. The SMILES string of the molecule is Cc1cccc(C(=O)N2CCC(N)CC2)c1.Cl. The van der Waals surface area contributed by atoms with E-state index >= 15 is 0 Å². The van der Waals surface area contributed by atoms with Crippen LogP contribution in [0.25, 0.3) is 0 Å². The lowest BCUT2D eigenvalue weighted by atomic mass is 10.0. The van der Waals surface area contributed by atoms with Gasteiger partial charge in [0.05, 0.1) is 0 Å². The molecule has 4 heteroatoms. The molecule has 1 heterocycles. The summed E-state index contributed by atoms with van der Waals surface area (Å²) in [5.41, 5.74) is 7.73. The van der Waals surface area contributed by atoms with Crippen molar-refractivity contribution in [1.82, 2.24) is 4.90 Å². The Labute approximate surface area is 108 Å². The molecule has 0 atom stereocenters. The average molecular weight is 255 g/mol. The summed E-state index contributed by atoms with van der Waals surface area (Å²) in [5.74, 6) is 0.135. The van der Waals surface area contributed by atoms with Gasteiger partial charge in [0.1, 0.15) is 0 Å². The molecule has 1 saturated heterocycles. The van der Waals surface area contributed by atoms with Crippen molar-refractivity contribution >= 4 is 18.3 Å². The molecule has 1 aliphatic heterocycles. The number of carbonyl (C=O) groups excluding carboxylic acids is 1. The number of likely N-dealkylation sites (tertiary alicyclic amines) is 1. The number of amides is 1. The van der Waals surface area contributed by atoms with Gasteiger partial charge in [0.15, 0.2) is 0 Å². The lowest BCUT2D eigenvalue weighted by Crippen LogP contribution is -2.42. The number of piperidine rings is 1. The molecule has 0 spiro atoms. The normalized spacial score (nSPS) is 16.5. The predicted molar refractivity (Wildman–Crippen MR) is 71.5 cm³/mol. The maximum absolute atomic E-state index is 12.1. The zero-order valence-corrected chi connectivity index (χ0v) is 10.9. The second-order valence-electron chi connectivity index (χ2n) is 4.50. The monoisotopic (exact) mass is 254 g/mol. The van der Waals surface area contributed by atoms with Gasteiger partial charge in [-0.3, -0.25) is 4.79 Å². The first kappa shape index (κ1) is 14.0. The van der Waals surface area contributed by atoms with Crippen LogP contribution in [-0.4, -0.2) is 29.9 Å². The van der Waals surface area contributed by atoms with Gasteiger partial charge in [0.25, 0.3) is 5.91 Å². The molecule has 0 aromatic heterocycles. The van der Waals surface area contributed by atoms with Crippen LogP contribution in [0.15, 0.2) is 24.3 Å². The third-order valence-electron chi connectivity index (χ3n) is 3.09. The highest BCUT2D eigenvalue weighted by Crippen LogP contribution is 2.13. The number of hydrogen-bond donors (Lipinski definition) is 1. The van der Waals surface area contributed by atoms with Crippen LogP contribution in [-0.2, 0) is 0 Å². The van der Waals surface area contributed by atoms with Crippen LogP contribution in [0, 0.1) is 6.92 Å². The number of aryl methyl sites for hydroxylation is 1. The number of hydrogen-bond acceptors (Lipinski definition) is 2. The molecular formula is C13H19ClN2O. The summed E-state index contributed by atoms with van der Waals surface area (Å²) in [6.07, 6.45) is 1.83. The summed E-state index contributed by atoms with van der Waals surface area (Å²) in [4.78, 5) is 14.0. The van der Waals surface area contributed by atoms with Crippen molar-refractivity contribution < 1.29 is 4.79 Å². The van der Waals surface area contributed by atoms with Crippen molar-refractivity contribution in [3.05, 3.63) is 35.4 Å². The van der Waals surface area contributed by atoms with E-state index in [0.717, 1.165) is 37.1 Å². The minimum atomic E-state index is 0. The zero-order chi connectivity index (χ0) is 11.5. The van der Waals surface area contributed by atoms with Crippen LogP contribution >= 0.6 is 12.4 Å². The molecule has 1 aromatic carbocycles. The van der Waals surface area contributed by atoms with Crippen molar-refractivity contribution in [3.8, 4) is 0 Å². The lowest BCUT2D eigenvalue weighted by molar-refractivity contribution is 0.0714. The molecule has 0 radical (unpaired) electrons. The van der Waals surface area contributed by atoms with Crippen LogP contribution in [0.3, 0.4) is 0 Å². The van der Waals surface area contributed by atoms with Gasteiger partial charge in [0, 0.05) is 24.7 Å². The van der Waals surface area contributed by atoms with Crippen LogP contribution in [0.1, 0.15) is 28.8 Å². The Morgan fingerprint density at radius 1 is 1.35 bits per heavy atom. The van der Waals surface area contributed by atoms with E-state index < -0.39 is 0 Å². The molecule has 3 nitrogen and oxygen atoms in total. The number of nitrogens with two attached hydrogens (primary N) is 1. The molecule has 1 fully saturated rings. The summed E-state index contributed by atoms with van der Waals surface area (Å²) in [6.45, 7) is 3.57. The third kappa shape index (κ3) is 3.45. The van der Waals surface area contributed by atoms with Gasteiger partial charge < -0.3 is 10.6 Å². The quantitative estimate of drug-likeness (QED) is 0.833. The van der Waals surface area contributed by atoms with Gasteiger partial charge in [-0.2, -0.15) is 0 Å². The third-order valence-corrected chi connectivity index (χ3v) is 3.09. The van der Waals surface area contributed by atoms with Gasteiger partial charge in [-0.25, -0.2) is 0 Å². The molecule has 0 unspecified atom stereocenters. The molecule has 1 aromatic rings. The van der Waals surface area contributed by atoms with E-state index in [9.17, 15) is 4.79 Å². The van der Waals surface area contributed by atoms with Crippen molar-refractivity contribution in [2.75, 3.05) is 13.1 Å². The average Bonchev–Trinajstić information content (AvgIpc) is 2.29. The van der Waals surface area contributed by atoms with Crippen molar-refractivity contribution in [3.63, 3.8) is 0 Å². The lowest BCUT2D eigenvalue weighted by Gasteiger charge is -2.30. The summed E-state index contributed by atoms with van der Waals surface area (Å²) < 4.78 is 0. The summed E-state index contributed by atoms with van der Waals surface area (Å²) in [5, 5.41) is 0. The Morgan fingerprint density at radius 2 is 2.00 bits per heavy atom. The van der Waals surface area contributed by atoms with Gasteiger partial charge in [-0.05, 0) is 31.9 Å². The standard InChI is InChI=1S/C13H18N2O.ClH/c1-10-3-2-4-11(9-10)13(16)15-7-5-12(14)6-8-15;/h2-4,9,12H,5-8,14H2,1H3;1H. The molecule has 94 valence electrons. The highest BCUT2D eigenvalue weighted by Gasteiger charge is 2.21. The Balaban J connectivity index is 0.00000144. The second kappa shape index (κ2) is 6.03. The van der Waals surface area contributed by atoms with Crippen LogP contribution in [0.2, 0.25) is 0 Å². The summed E-state index contributed by atoms with van der Waals surface area (Å²) in [6, 6.07) is 8.02. The fourth-order valence-electron chi connectivity index (χ4n) is 2.06. The Hall–Kier alpha value is -1.06. The molecule has 1 amide bonds. The van der Waals surface area contributed by atoms with Crippen LogP contribution < -0.4 is 5.73 Å². The van der Waals surface area contributed by atoms with Crippen molar-refractivity contribution in [2.24, 2.45) is 5.73 Å². The Morgan fingerprint density at radius 3 is 2.59 bits per heavy atom. The molecule has 0 aliphatic carbocycles. The highest BCUT2D eigenvalue weighted by atomic mass is 35.5. The summed E-state index contributed by atoms with van der Waals surface area (Å²) >= 11 is 0. The fourth-order valence-corrected chi connectivity index (χ4v) is 2.06. The molecule has 0 bridgehead atoms. The molecule has 2 N–H and O–H groups in total. The number of rotatable bonds is 1. The van der Waals surface area contributed by atoms with E-state index in [1.807, 2.05) is 36.1 Å². The maximum atomic E-state index is 12.1. The van der Waals surface area contributed by atoms with E-state index in [4.69, 9.17) is 5.73 Å². The zero-order valence-electron chi connectivity index (χ0n) is 10.1. The molecular weight excluding hydrogens is 236 g/mol. The second-order valence-corrected chi connectivity index (χ2v) is 4.50. The van der Waals surface area contributed by atoms with Crippen LogP contribution in [0.5, 0.6) is 0 Å². The smallest absolute Gasteiger partial charge is 0.253 e. The number of carbonyl (C=O) groups is 1. The van der Waals surface area contributed by atoms with E-state index in [1.54, 1.807) is 0 Å². The Bertz CT molecular complexity index is 387.